The molecule has 0 aliphatic carbocycles. The third-order valence-corrected chi connectivity index (χ3v) is 1.41. The number of aromatic nitrogens is 1. The summed E-state index contributed by atoms with van der Waals surface area (Å²) >= 11 is 0. The van der Waals surface area contributed by atoms with Crippen LogP contribution < -0.4 is 0 Å². The fraction of sp³-hybridized carbons (Fsp3) is 0.300. The third kappa shape index (κ3) is 3.30. The lowest BCUT2D eigenvalue weighted by molar-refractivity contribution is 0.178. The Labute approximate surface area is 72.9 Å². The molecule has 0 aliphatic rings. The van der Waals surface area contributed by atoms with E-state index in [1.807, 2.05) is 37.4 Å². The molecule has 0 N–H and O–H groups in total. The molecule has 0 fully saturated rings. The maximum atomic E-state index is 5.15. The minimum atomic E-state index is 0.672. The molecule has 0 amide bonds. The predicted molar refractivity (Wildman–Crippen MR) is 49.8 cm³/mol. The van der Waals surface area contributed by atoms with Gasteiger partial charge in [-0.05, 0) is 18.6 Å². The Morgan fingerprint density at radius 1 is 1.58 bits per heavy atom. The van der Waals surface area contributed by atoms with Crippen molar-refractivity contribution in [1.29, 1.82) is 0 Å². The van der Waals surface area contributed by atoms with Gasteiger partial charge in [-0.2, -0.15) is 0 Å². The maximum absolute atomic E-state index is 5.15. The van der Waals surface area contributed by atoms with Gasteiger partial charge in [0.25, 0.3) is 0 Å². The third-order valence-electron chi connectivity index (χ3n) is 1.41. The molecule has 1 heterocycles. The van der Waals surface area contributed by atoms with Crippen LogP contribution in [0.1, 0.15) is 12.5 Å². The van der Waals surface area contributed by atoms with Crippen LogP contribution in [-0.4, -0.2) is 18.2 Å². The number of ether oxygens (including phenoxy) is 1. The van der Waals surface area contributed by atoms with Gasteiger partial charge < -0.3 is 4.74 Å². The normalized spacial score (nSPS) is 10.8. The summed E-state index contributed by atoms with van der Waals surface area (Å²) in [6, 6.07) is 3.93. The zero-order chi connectivity index (χ0) is 8.65. The number of nitrogens with zero attached hydrogens (tertiary/aromatic N) is 1. The molecular formula is C10H13NO. The summed E-state index contributed by atoms with van der Waals surface area (Å²) in [4.78, 5) is 3.99. The molecule has 1 aromatic heterocycles. The van der Waals surface area contributed by atoms with E-state index >= 15 is 0 Å². The van der Waals surface area contributed by atoms with Gasteiger partial charge in [-0.15, -0.1) is 0 Å². The minimum absolute atomic E-state index is 0.672. The summed E-state index contributed by atoms with van der Waals surface area (Å²) in [5, 5.41) is 0. The van der Waals surface area contributed by atoms with E-state index in [0.717, 1.165) is 12.2 Å². The first-order valence-electron chi connectivity index (χ1n) is 4.08. The topological polar surface area (TPSA) is 22.1 Å². The second-order valence-electron chi connectivity index (χ2n) is 2.35. The highest BCUT2D eigenvalue weighted by atomic mass is 16.5. The fourth-order valence-corrected chi connectivity index (χ4v) is 0.845. The molecule has 64 valence electrons. The van der Waals surface area contributed by atoms with Crippen molar-refractivity contribution < 1.29 is 4.74 Å². The van der Waals surface area contributed by atoms with Crippen LogP contribution in [0.25, 0.3) is 6.08 Å². The van der Waals surface area contributed by atoms with Crippen LogP contribution in [0.15, 0.2) is 30.6 Å². The smallest absolute Gasteiger partial charge is 0.0650 e. The molecule has 0 aliphatic heterocycles. The second-order valence-corrected chi connectivity index (χ2v) is 2.35. The van der Waals surface area contributed by atoms with Gasteiger partial charge in [0.2, 0.25) is 0 Å². The van der Waals surface area contributed by atoms with E-state index in [2.05, 4.69) is 4.98 Å². The van der Waals surface area contributed by atoms with Crippen LogP contribution in [0.2, 0.25) is 0 Å². The zero-order valence-corrected chi connectivity index (χ0v) is 7.23. The predicted octanol–water partition coefficient (Wildman–Crippen LogP) is 2.13. The minimum Gasteiger partial charge on any atom is -0.378 e. The molecule has 1 rings (SSSR count). The van der Waals surface area contributed by atoms with E-state index in [1.165, 1.54) is 0 Å². The summed E-state index contributed by atoms with van der Waals surface area (Å²) < 4.78 is 5.15. The Kier molecular flexibility index (Phi) is 4.09. The Morgan fingerprint density at radius 3 is 3.17 bits per heavy atom. The lowest BCUT2D eigenvalue weighted by atomic mass is 10.3. The SMILES string of the molecule is CCOC/C=C/c1cccnc1. The van der Waals surface area contributed by atoms with Crippen molar-refractivity contribution in [2.45, 2.75) is 6.92 Å². The van der Waals surface area contributed by atoms with Crippen molar-refractivity contribution in [3.8, 4) is 0 Å². The lowest BCUT2D eigenvalue weighted by Crippen LogP contribution is -1.87. The molecule has 1 aromatic rings. The van der Waals surface area contributed by atoms with Gasteiger partial charge in [0.05, 0.1) is 6.61 Å². The lowest BCUT2D eigenvalue weighted by Gasteiger charge is -1.93. The van der Waals surface area contributed by atoms with Gasteiger partial charge in [-0.25, -0.2) is 0 Å². The van der Waals surface area contributed by atoms with Crippen molar-refractivity contribution in [1.82, 2.24) is 4.98 Å². The molecule has 0 radical (unpaired) electrons. The van der Waals surface area contributed by atoms with Gasteiger partial charge in [0.15, 0.2) is 0 Å². The first-order valence-corrected chi connectivity index (χ1v) is 4.08. The highest BCUT2D eigenvalue weighted by molar-refractivity contribution is 5.47. The van der Waals surface area contributed by atoms with Gasteiger partial charge in [-0.1, -0.05) is 18.2 Å². The summed E-state index contributed by atoms with van der Waals surface area (Å²) in [5.74, 6) is 0. The van der Waals surface area contributed by atoms with Crippen molar-refractivity contribution >= 4 is 6.08 Å². The Hall–Kier alpha value is -1.15. The van der Waals surface area contributed by atoms with Crippen LogP contribution in [-0.2, 0) is 4.74 Å². The highest BCUT2D eigenvalue weighted by Crippen LogP contribution is 1.97. The van der Waals surface area contributed by atoms with E-state index in [9.17, 15) is 0 Å². The van der Waals surface area contributed by atoms with Crippen LogP contribution in [0, 0.1) is 0 Å². The van der Waals surface area contributed by atoms with Crippen molar-refractivity contribution in [2.75, 3.05) is 13.2 Å². The summed E-state index contributed by atoms with van der Waals surface area (Å²) in [6.45, 7) is 3.42. The highest BCUT2D eigenvalue weighted by Gasteiger charge is 1.82. The molecule has 2 nitrogen and oxygen atoms in total. The van der Waals surface area contributed by atoms with Gasteiger partial charge in [0, 0.05) is 19.0 Å². The molecule has 0 unspecified atom stereocenters. The van der Waals surface area contributed by atoms with E-state index in [0.29, 0.717) is 6.61 Å². The van der Waals surface area contributed by atoms with Crippen molar-refractivity contribution in [3.05, 3.63) is 36.2 Å². The van der Waals surface area contributed by atoms with Crippen LogP contribution >= 0.6 is 0 Å². The summed E-state index contributed by atoms with van der Waals surface area (Å²) in [6.07, 6.45) is 7.57. The molecule has 0 spiro atoms. The van der Waals surface area contributed by atoms with Gasteiger partial charge >= 0.3 is 0 Å². The maximum Gasteiger partial charge on any atom is 0.0650 e. The number of hydrogen-bond donors (Lipinski definition) is 0. The average Bonchev–Trinajstić information content (AvgIpc) is 2.14. The van der Waals surface area contributed by atoms with Gasteiger partial charge in [0.1, 0.15) is 0 Å². The number of pyridine rings is 1. The largest absolute Gasteiger partial charge is 0.378 e. The van der Waals surface area contributed by atoms with Crippen LogP contribution in [0.4, 0.5) is 0 Å². The standard InChI is InChI=1S/C10H13NO/c1-2-12-8-4-6-10-5-3-7-11-9-10/h3-7,9H,2,8H2,1H3/b6-4+. The number of rotatable bonds is 4. The Morgan fingerprint density at radius 2 is 2.50 bits per heavy atom. The van der Waals surface area contributed by atoms with Crippen molar-refractivity contribution in [2.24, 2.45) is 0 Å². The zero-order valence-electron chi connectivity index (χ0n) is 7.23. The summed E-state index contributed by atoms with van der Waals surface area (Å²) in [5.41, 5.74) is 1.11. The Balaban J connectivity index is 2.36. The fourth-order valence-electron chi connectivity index (χ4n) is 0.845. The van der Waals surface area contributed by atoms with E-state index in [1.54, 1.807) is 6.20 Å². The molecule has 0 saturated carbocycles. The van der Waals surface area contributed by atoms with E-state index in [4.69, 9.17) is 4.74 Å². The first-order chi connectivity index (χ1) is 5.93. The quantitative estimate of drug-likeness (QED) is 0.634. The molecule has 0 aromatic carbocycles. The summed E-state index contributed by atoms with van der Waals surface area (Å²) in [7, 11) is 0. The monoisotopic (exact) mass is 163 g/mol. The molecule has 0 bridgehead atoms. The number of hydrogen-bond acceptors (Lipinski definition) is 2. The second kappa shape index (κ2) is 5.49. The molecule has 0 atom stereocenters. The van der Waals surface area contributed by atoms with Gasteiger partial charge in [-0.3, -0.25) is 4.98 Å². The molecule has 0 saturated heterocycles. The average molecular weight is 163 g/mol. The molecule has 2 heteroatoms. The van der Waals surface area contributed by atoms with Crippen LogP contribution in [0.5, 0.6) is 0 Å². The van der Waals surface area contributed by atoms with Crippen LogP contribution in [0.3, 0.4) is 0 Å². The first kappa shape index (κ1) is 8.94. The molecular weight excluding hydrogens is 150 g/mol. The van der Waals surface area contributed by atoms with E-state index in [-0.39, 0.29) is 0 Å². The van der Waals surface area contributed by atoms with E-state index < -0.39 is 0 Å². The molecule has 12 heavy (non-hydrogen) atoms. The Bertz CT molecular complexity index is 231. The van der Waals surface area contributed by atoms with Crippen molar-refractivity contribution in [3.63, 3.8) is 0 Å².